The fraction of sp³-hybridized carbons (Fsp3) is 0.667. The van der Waals surface area contributed by atoms with E-state index in [2.05, 4.69) is 42.8 Å². The molecule has 0 radical (unpaired) electrons. The van der Waals surface area contributed by atoms with Gasteiger partial charge in [-0.2, -0.15) is 0 Å². The smallest absolute Gasteiger partial charge is 0.128 e. The minimum Gasteiger partial charge on any atom is -0.356 e. The Morgan fingerprint density at radius 1 is 1.39 bits per heavy atom. The van der Waals surface area contributed by atoms with Crippen LogP contribution in [0.4, 0.5) is 5.82 Å². The Morgan fingerprint density at radius 2 is 2.17 bits per heavy atom. The highest BCUT2D eigenvalue weighted by Gasteiger charge is 2.20. The van der Waals surface area contributed by atoms with E-state index in [-0.39, 0.29) is 5.41 Å². The molecule has 0 aliphatic carbocycles. The third-order valence-electron chi connectivity index (χ3n) is 3.79. The minimum atomic E-state index is 0.174. The summed E-state index contributed by atoms with van der Waals surface area (Å²) in [6, 6.07) is 4.36. The summed E-state index contributed by atoms with van der Waals surface area (Å²) in [4.78, 5) is 6.99. The van der Waals surface area contributed by atoms with Gasteiger partial charge in [-0.15, -0.1) is 0 Å². The molecule has 0 bridgehead atoms. The first-order valence-electron chi connectivity index (χ1n) is 6.92. The van der Waals surface area contributed by atoms with E-state index in [9.17, 15) is 0 Å². The molecule has 0 saturated carbocycles. The van der Waals surface area contributed by atoms with Gasteiger partial charge >= 0.3 is 0 Å². The molecule has 1 aromatic rings. The third kappa shape index (κ3) is 3.02. The van der Waals surface area contributed by atoms with Crippen molar-refractivity contribution in [3.8, 4) is 0 Å². The fourth-order valence-electron chi connectivity index (χ4n) is 2.48. The summed E-state index contributed by atoms with van der Waals surface area (Å²) in [6.45, 7) is 9.60. The molecule has 2 rings (SSSR count). The van der Waals surface area contributed by atoms with Crippen molar-refractivity contribution in [2.75, 3.05) is 24.5 Å². The lowest BCUT2D eigenvalue weighted by atomic mass is 9.88. The number of aromatic nitrogens is 1. The Hall–Kier alpha value is -1.09. The molecule has 2 N–H and O–H groups in total. The van der Waals surface area contributed by atoms with Crippen LogP contribution in [0.5, 0.6) is 0 Å². The van der Waals surface area contributed by atoms with Gasteiger partial charge in [-0.05, 0) is 42.3 Å². The van der Waals surface area contributed by atoms with Crippen molar-refractivity contribution in [3.05, 3.63) is 23.9 Å². The van der Waals surface area contributed by atoms with Crippen molar-refractivity contribution in [2.24, 2.45) is 11.7 Å². The average molecular weight is 247 g/mol. The molecule has 3 nitrogen and oxygen atoms in total. The van der Waals surface area contributed by atoms with Crippen molar-refractivity contribution in [3.63, 3.8) is 0 Å². The van der Waals surface area contributed by atoms with Crippen molar-refractivity contribution < 1.29 is 0 Å². The Kier molecular flexibility index (Phi) is 3.91. The molecule has 1 atom stereocenters. The molecule has 1 unspecified atom stereocenters. The van der Waals surface area contributed by atoms with Gasteiger partial charge in [0, 0.05) is 19.3 Å². The van der Waals surface area contributed by atoms with E-state index in [1.807, 2.05) is 6.20 Å². The van der Waals surface area contributed by atoms with Crippen molar-refractivity contribution in [2.45, 2.75) is 39.0 Å². The van der Waals surface area contributed by atoms with Crippen LogP contribution < -0.4 is 10.6 Å². The summed E-state index contributed by atoms with van der Waals surface area (Å²) < 4.78 is 0. The summed E-state index contributed by atoms with van der Waals surface area (Å²) in [5.41, 5.74) is 7.24. The number of nitrogens with two attached hydrogens (primary N) is 1. The molecule has 1 saturated heterocycles. The van der Waals surface area contributed by atoms with Gasteiger partial charge in [0.05, 0.1) is 0 Å². The number of hydrogen-bond acceptors (Lipinski definition) is 3. The van der Waals surface area contributed by atoms with Crippen LogP contribution in [0, 0.1) is 5.92 Å². The second-order valence-electron chi connectivity index (χ2n) is 6.35. The van der Waals surface area contributed by atoms with E-state index in [0.29, 0.717) is 5.92 Å². The molecule has 0 spiro atoms. The van der Waals surface area contributed by atoms with Crippen LogP contribution in [0.2, 0.25) is 0 Å². The van der Waals surface area contributed by atoms with E-state index in [4.69, 9.17) is 5.73 Å². The highest BCUT2D eigenvalue weighted by Crippen LogP contribution is 2.25. The Balaban J connectivity index is 2.09. The van der Waals surface area contributed by atoms with Gasteiger partial charge in [-0.25, -0.2) is 4.98 Å². The molecule has 0 amide bonds. The van der Waals surface area contributed by atoms with Crippen LogP contribution >= 0.6 is 0 Å². The first-order chi connectivity index (χ1) is 8.50. The SMILES string of the molecule is CC(C)(C)c1ccc(N2CCCC(CN)C2)nc1. The normalized spacial score (nSPS) is 21.1. The predicted octanol–water partition coefficient (Wildman–Crippen LogP) is 2.55. The lowest BCUT2D eigenvalue weighted by molar-refractivity contribution is 0.421. The first kappa shape index (κ1) is 13.3. The van der Waals surface area contributed by atoms with Crippen molar-refractivity contribution >= 4 is 5.82 Å². The molecule has 18 heavy (non-hydrogen) atoms. The molecule has 1 fully saturated rings. The monoisotopic (exact) mass is 247 g/mol. The van der Waals surface area contributed by atoms with Crippen LogP contribution in [0.1, 0.15) is 39.2 Å². The summed E-state index contributed by atoms with van der Waals surface area (Å²) in [7, 11) is 0. The second-order valence-corrected chi connectivity index (χ2v) is 6.35. The van der Waals surface area contributed by atoms with Crippen molar-refractivity contribution in [1.29, 1.82) is 0 Å². The highest BCUT2D eigenvalue weighted by atomic mass is 15.2. The zero-order valence-corrected chi connectivity index (χ0v) is 11.8. The number of anilines is 1. The summed E-state index contributed by atoms with van der Waals surface area (Å²) in [6.07, 6.45) is 4.50. The molecule has 1 aromatic heterocycles. The van der Waals surface area contributed by atoms with Crippen LogP contribution in [-0.4, -0.2) is 24.6 Å². The Bertz CT molecular complexity index is 378. The number of piperidine rings is 1. The number of nitrogens with zero attached hydrogens (tertiary/aromatic N) is 2. The maximum absolute atomic E-state index is 5.78. The number of hydrogen-bond donors (Lipinski definition) is 1. The van der Waals surface area contributed by atoms with Crippen LogP contribution in [0.15, 0.2) is 18.3 Å². The van der Waals surface area contributed by atoms with E-state index in [1.165, 1.54) is 18.4 Å². The Morgan fingerprint density at radius 3 is 2.72 bits per heavy atom. The van der Waals surface area contributed by atoms with E-state index in [1.54, 1.807) is 0 Å². The van der Waals surface area contributed by atoms with Crippen LogP contribution in [0.25, 0.3) is 0 Å². The van der Waals surface area contributed by atoms with Gasteiger partial charge in [0.15, 0.2) is 0 Å². The molecule has 3 heteroatoms. The summed E-state index contributed by atoms with van der Waals surface area (Å²) in [5.74, 6) is 1.73. The number of pyridine rings is 1. The summed E-state index contributed by atoms with van der Waals surface area (Å²) in [5, 5.41) is 0. The lowest BCUT2D eigenvalue weighted by Crippen LogP contribution is -2.38. The molecule has 100 valence electrons. The minimum absolute atomic E-state index is 0.174. The quantitative estimate of drug-likeness (QED) is 0.873. The maximum Gasteiger partial charge on any atom is 0.128 e. The van der Waals surface area contributed by atoms with Gasteiger partial charge < -0.3 is 10.6 Å². The zero-order chi connectivity index (χ0) is 13.2. The molecule has 1 aliphatic heterocycles. The molecule has 2 heterocycles. The van der Waals surface area contributed by atoms with Gasteiger partial charge in [-0.3, -0.25) is 0 Å². The highest BCUT2D eigenvalue weighted by molar-refractivity contribution is 5.41. The molecule has 0 aromatic carbocycles. The van der Waals surface area contributed by atoms with Gasteiger partial charge in [0.25, 0.3) is 0 Å². The van der Waals surface area contributed by atoms with Crippen LogP contribution in [-0.2, 0) is 5.41 Å². The van der Waals surface area contributed by atoms with Gasteiger partial charge in [0.1, 0.15) is 5.82 Å². The number of rotatable bonds is 2. The van der Waals surface area contributed by atoms with Gasteiger partial charge in [0.2, 0.25) is 0 Å². The Labute approximate surface area is 110 Å². The maximum atomic E-state index is 5.78. The zero-order valence-electron chi connectivity index (χ0n) is 11.8. The predicted molar refractivity (Wildman–Crippen MR) is 76.9 cm³/mol. The first-order valence-corrected chi connectivity index (χ1v) is 6.92. The molecule has 1 aliphatic rings. The summed E-state index contributed by atoms with van der Waals surface area (Å²) >= 11 is 0. The largest absolute Gasteiger partial charge is 0.356 e. The average Bonchev–Trinajstić information content (AvgIpc) is 2.38. The molecular weight excluding hydrogens is 222 g/mol. The lowest BCUT2D eigenvalue weighted by Gasteiger charge is -2.33. The third-order valence-corrected chi connectivity index (χ3v) is 3.79. The van der Waals surface area contributed by atoms with Crippen LogP contribution in [0.3, 0.4) is 0 Å². The van der Waals surface area contributed by atoms with Gasteiger partial charge in [-0.1, -0.05) is 26.8 Å². The fourth-order valence-corrected chi connectivity index (χ4v) is 2.48. The second kappa shape index (κ2) is 5.27. The van der Waals surface area contributed by atoms with E-state index < -0.39 is 0 Å². The standard InChI is InChI=1S/C15H25N3/c1-15(2,3)13-6-7-14(17-10-13)18-8-4-5-12(9-16)11-18/h6-7,10,12H,4-5,8-9,11,16H2,1-3H3. The molecular formula is C15H25N3. The van der Waals surface area contributed by atoms with E-state index in [0.717, 1.165) is 25.5 Å². The van der Waals surface area contributed by atoms with Crippen molar-refractivity contribution in [1.82, 2.24) is 4.98 Å². The topological polar surface area (TPSA) is 42.1 Å². The van der Waals surface area contributed by atoms with E-state index >= 15 is 0 Å².